The zero-order chi connectivity index (χ0) is 20.1. The molecule has 0 aliphatic carbocycles. The third-order valence-corrected chi connectivity index (χ3v) is 8.18. The van der Waals surface area contributed by atoms with Crippen LogP contribution < -0.4 is 9.77 Å². The van der Waals surface area contributed by atoms with Crippen LogP contribution in [-0.2, 0) is 17.1 Å². The molecular weight excluding hydrogens is 394 g/mol. The molecule has 6 nitrogen and oxygen atoms in total. The summed E-state index contributed by atoms with van der Waals surface area (Å²) in [5.41, 5.74) is 3.07. The summed E-state index contributed by atoms with van der Waals surface area (Å²) >= 11 is 1.07. The lowest BCUT2D eigenvalue weighted by Gasteiger charge is -2.40. The third kappa shape index (κ3) is 3.25. The van der Waals surface area contributed by atoms with Crippen LogP contribution in [0.1, 0.15) is 12.5 Å². The molecule has 1 fully saturated rings. The predicted molar refractivity (Wildman–Crippen MR) is 114 cm³/mol. The van der Waals surface area contributed by atoms with Gasteiger partial charge in [0.05, 0.1) is 15.1 Å². The first-order valence-electron chi connectivity index (χ1n) is 9.20. The lowest BCUT2D eigenvalue weighted by Crippen LogP contribution is -2.53. The quantitative estimate of drug-likeness (QED) is 0.657. The van der Waals surface area contributed by atoms with Gasteiger partial charge in [0.1, 0.15) is 0 Å². The first-order chi connectivity index (χ1) is 13.3. The van der Waals surface area contributed by atoms with Crippen LogP contribution in [0.4, 0.5) is 5.69 Å². The number of aromatic nitrogens is 1. The molecule has 1 atom stereocenters. The second kappa shape index (κ2) is 7.02. The molecule has 2 heterocycles. The van der Waals surface area contributed by atoms with Gasteiger partial charge in [0, 0.05) is 38.4 Å². The topological polar surface area (TPSA) is 62.6 Å². The molecule has 0 saturated carbocycles. The maximum atomic E-state index is 13.2. The molecule has 148 valence electrons. The molecular formula is C20H23N3O3S2. The number of hydrogen-bond donors (Lipinski definition) is 0. The summed E-state index contributed by atoms with van der Waals surface area (Å²) in [7, 11) is -1.91. The second-order valence-electron chi connectivity index (χ2n) is 7.30. The summed E-state index contributed by atoms with van der Waals surface area (Å²) in [6.07, 6.45) is 0. The smallest absolute Gasteiger partial charge is 0.307 e. The van der Waals surface area contributed by atoms with Gasteiger partial charge >= 0.3 is 4.87 Å². The molecule has 0 spiro atoms. The Hall–Kier alpha value is -2.16. The summed E-state index contributed by atoms with van der Waals surface area (Å²) in [4.78, 5) is 14.3. The zero-order valence-electron chi connectivity index (χ0n) is 16.1. The highest BCUT2D eigenvalue weighted by Crippen LogP contribution is 2.27. The molecule has 0 N–H and O–H groups in total. The molecule has 2 aromatic carbocycles. The Bertz CT molecular complexity index is 1200. The molecule has 8 heteroatoms. The van der Waals surface area contributed by atoms with Crippen molar-refractivity contribution in [3.05, 3.63) is 57.7 Å². The Balaban J connectivity index is 1.60. The third-order valence-electron chi connectivity index (χ3n) is 5.33. The fourth-order valence-corrected chi connectivity index (χ4v) is 6.29. The molecule has 0 bridgehead atoms. The van der Waals surface area contributed by atoms with E-state index >= 15 is 0 Å². The normalized spacial score (nSPS) is 18.7. The molecule has 4 rings (SSSR count). The van der Waals surface area contributed by atoms with Crippen LogP contribution in [0.5, 0.6) is 0 Å². The molecule has 28 heavy (non-hydrogen) atoms. The number of piperazine rings is 1. The number of benzene rings is 2. The average Bonchev–Trinajstić information content (AvgIpc) is 2.95. The highest BCUT2D eigenvalue weighted by Gasteiger charge is 2.32. The SMILES string of the molecule is Cc1cccc(N2CCN(S(=O)(=O)c3ccc4c(c3)sc(=O)n4C)C[C@H]2C)c1. The highest BCUT2D eigenvalue weighted by atomic mass is 32.2. The predicted octanol–water partition coefficient (Wildman–Crippen LogP) is 2.81. The van der Waals surface area contributed by atoms with Crippen LogP contribution in [0, 0.1) is 6.92 Å². The summed E-state index contributed by atoms with van der Waals surface area (Å²) < 4.78 is 30.2. The van der Waals surface area contributed by atoms with E-state index in [0.29, 0.717) is 24.3 Å². The van der Waals surface area contributed by atoms with E-state index < -0.39 is 10.0 Å². The van der Waals surface area contributed by atoms with Crippen LogP contribution >= 0.6 is 11.3 Å². The van der Waals surface area contributed by atoms with Crippen molar-refractivity contribution >= 4 is 37.3 Å². The summed E-state index contributed by atoms with van der Waals surface area (Å²) in [5.74, 6) is 0. The van der Waals surface area contributed by atoms with Crippen LogP contribution in [-0.4, -0.2) is 43.0 Å². The van der Waals surface area contributed by atoms with Gasteiger partial charge in [-0.05, 0) is 49.7 Å². The molecule has 0 radical (unpaired) electrons. The van der Waals surface area contributed by atoms with E-state index in [1.54, 1.807) is 34.1 Å². The van der Waals surface area contributed by atoms with Crippen molar-refractivity contribution in [2.24, 2.45) is 7.05 Å². The van der Waals surface area contributed by atoms with Gasteiger partial charge in [-0.2, -0.15) is 4.31 Å². The average molecular weight is 418 g/mol. The molecule has 0 amide bonds. The maximum Gasteiger partial charge on any atom is 0.307 e. The number of anilines is 1. The van der Waals surface area contributed by atoms with Gasteiger partial charge in [-0.3, -0.25) is 4.79 Å². The first-order valence-corrected chi connectivity index (χ1v) is 11.5. The zero-order valence-corrected chi connectivity index (χ0v) is 17.8. The largest absolute Gasteiger partial charge is 0.366 e. The molecule has 3 aromatic rings. The van der Waals surface area contributed by atoms with Crippen molar-refractivity contribution in [1.82, 2.24) is 8.87 Å². The van der Waals surface area contributed by atoms with Gasteiger partial charge in [0.15, 0.2) is 0 Å². The Labute approximate surface area is 168 Å². The number of thiazole rings is 1. The molecule has 1 aliphatic rings. The van der Waals surface area contributed by atoms with Crippen molar-refractivity contribution < 1.29 is 8.42 Å². The minimum absolute atomic E-state index is 0.0711. The van der Waals surface area contributed by atoms with Crippen LogP contribution in [0.25, 0.3) is 10.2 Å². The van der Waals surface area contributed by atoms with Crippen LogP contribution in [0.15, 0.2) is 52.2 Å². The Kier molecular flexibility index (Phi) is 4.81. The number of aryl methyl sites for hydroxylation is 2. The van der Waals surface area contributed by atoms with Crippen molar-refractivity contribution in [1.29, 1.82) is 0 Å². The molecule has 0 unspecified atom stereocenters. The van der Waals surface area contributed by atoms with E-state index in [9.17, 15) is 13.2 Å². The van der Waals surface area contributed by atoms with Crippen molar-refractivity contribution in [3.63, 3.8) is 0 Å². The number of hydrogen-bond acceptors (Lipinski definition) is 5. The molecule has 1 saturated heterocycles. The number of sulfonamides is 1. The van der Waals surface area contributed by atoms with E-state index in [0.717, 1.165) is 22.5 Å². The Morgan fingerprint density at radius 3 is 2.61 bits per heavy atom. The second-order valence-corrected chi connectivity index (χ2v) is 10.2. The minimum Gasteiger partial charge on any atom is -0.366 e. The van der Waals surface area contributed by atoms with Crippen LogP contribution in [0.2, 0.25) is 0 Å². The van der Waals surface area contributed by atoms with Crippen molar-refractivity contribution in [3.8, 4) is 0 Å². The van der Waals surface area contributed by atoms with Gasteiger partial charge < -0.3 is 9.47 Å². The van der Waals surface area contributed by atoms with Gasteiger partial charge in [-0.25, -0.2) is 8.42 Å². The monoisotopic (exact) mass is 417 g/mol. The lowest BCUT2D eigenvalue weighted by atomic mass is 10.1. The van der Waals surface area contributed by atoms with E-state index in [2.05, 4.69) is 36.9 Å². The van der Waals surface area contributed by atoms with Crippen molar-refractivity contribution in [2.45, 2.75) is 24.8 Å². The summed E-state index contributed by atoms with van der Waals surface area (Å²) in [5, 5.41) is 0. The van der Waals surface area contributed by atoms with Gasteiger partial charge in [0.25, 0.3) is 0 Å². The standard InChI is InChI=1S/C20H23N3O3S2/c1-14-5-4-6-16(11-14)23-10-9-22(13-15(23)2)28(25,26)17-7-8-18-19(12-17)27-20(24)21(18)3/h4-8,11-12,15H,9-10,13H2,1-3H3/t15-/m1/s1. The number of nitrogens with zero attached hydrogens (tertiary/aromatic N) is 3. The maximum absolute atomic E-state index is 13.2. The van der Waals surface area contributed by atoms with E-state index in [-0.39, 0.29) is 15.8 Å². The van der Waals surface area contributed by atoms with E-state index in [1.165, 1.54) is 5.56 Å². The fourth-order valence-electron chi connectivity index (χ4n) is 3.76. The van der Waals surface area contributed by atoms with E-state index in [1.807, 2.05) is 6.07 Å². The van der Waals surface area contributed by atoms with E-state index in [4.69, 9.17) is 0 Å². The molecule has 1 aromatic heterocycles. The molecule has 1 aliphatic heterocycles. The minimum atomic E-state index is -3.60. The van der Waals surface area contributed by atoms with Crippen molar-refractivity contribution in [2.75, 3.05) is 24.5 Å². The van der Waals surface area contributed by atoms with Gasteiger partial charge in [-0.15, -0.1) is 0 Å². The lowest BCUT2D eigenvalue weighted by molar-refractivity contribution is 0.342. The Morgan fingerprint density at radius 2 is 1.89 bits per heavy atom. The number of fused-ring (bicyclic) bond motifs is 1. The Morgan fingerprint density at radius 1 is 1.11 bits per heavy atom. The fraction of sp³-hybridized carbons (Fsp3) is 0.350. The van der Waals surface area contributed by atoms with Gasteiger partial charge in [0.2, 0.25) is 10.0 Å². The first kappa shape index (κ1) is 19.2. The summed E-state index contributed by atoms with van der Waals surface area (Å²) in [6, 6.07) is 13.3. The van der Waals surface area contributed by atoms with Crippen LogP contribution in [0.3, 0.4) is 0 Å². The van der Waals surface area contributed by atoms with Gasteiger partial charge in [-0.1, -0.05) is 23.5 Å². The number of rotatable bonds is 3. The summed E-state index contributed by atoms with van der Waals surface area (Å²) in [6.45, 7) is 5.62. The highest BCUT2D eigenvalue weighted by molar-refractivity contribution is 7.89.